The molecular formula is C19H23N3O4S. The summed E-state index contributed by atoms with van der Waals surface area (Å²) in [7, 11) is -3.42. The van der Waals surface area contributed by atoms with Crippen LogP contribution in [0.3, 0.4) is 0 Å². The highest BCUT2D eigenvalue weighted by atomic mass is 32.2. The summed E-state index contributed by atoms with van der Waals surface area (Å²) in [5.74, 6) is -0.584. The SMILES string of the molecule is CC(C)(C)NC(=O)c1ccc(NC(=O)c2cccc(NS(C)(=O)=O)c2)cc1. The van der Waals surface area contributed by atoms with Crippen molar-refractivity contribution in [3.8, 4) is 0 Å². The van der Waals surface area contributed by atoms with Crippen molar-refractivity contribution >= 4 is 33.2 Å². The molecule has 2 amide bonds. The normalized spacial score (nSPS) is 11.6. The lowest BCUT2D eigenvalue weighted by Gasteiger charge is -2.20. The first-order valence-corrected chi connectivity index (χ1v) is 10.1. The number of hydrogen-bond acceptors (Lipinski definition) is 4. The van der Waals surface area contributed by atoms with E-state index in [4.69, 9.17) is 0 Å². The molecule has 2 aromatic carbocycles. The molecule has 2 aromatic rings. The maximum atomic E-state index is 12.4. The Labute approximate surface area is 159 Å². The number of nitrogens with one attached hydrogen (secondary N) is 3. The Bertz CT molecular complexity index is 946. The van der Waals surface area contributed by atoms with Gasteiger partial charge in [0.2, 0.25) is 10.0 Å². The molecule has 0 aliphatic carbocycles. The fourth-order valence-corrected chi connectivity index (χ4v) is 2.81. The molecule has 0 aliphatic heterocycles. The van der Waals surface area contributed by atoms with Gasteiger partial charge in [0.1, 0.15) is 0 Å². The predicted molar refractivity (Wildman–Crippen MR) is 107 cm³/mol. The molecule has 144 valence electrons. The Morgan fingerprint density at radius 1 is 0.852 bits per heavy atom. The molecule has 0 unspecified atom stereocenters. The molecule has 0 fully saturated rings. The minimum atomic E-state index is -3.42. The summed E-state index contributed by atoms with van der Waals surface area (Å²) in [5, 5.41) is 5.58. The number of benzene rings is 2. The molecule has 0 heterocycles. The van der Waals surface area contributed by atoms with Crippen molar-refractivity contribution in [2.24, 2.45) is 0 Å². The fraction of sp³-hybridized carbons (Fsp3) is 0.263. The van der Waals surface area contributed by atoms with Gasteiger partial charge in [-0.2, -0.15) is 0 Å². The predicted octanol–water partition coefficient (Wildman–Crippen LogP) is 2.84. The average Bonchev–Trinajstić information content (AvgIpc) is 2.52. The van der Waals surface area contributed by atoms with Gasteiger partial charge in [0.25, 0.3) is 11.8 Å². The lowest BCUT2D eigenvalue weighted by molar-refractivity contribution is 0.0919. The summed E-state index contributed by atoms with van der Waals surface area (Å²) in [5.41, 5.74) is 1.28. The number of anilines is 2. The minimum absolute atomic E-state index is 0.195. The van der Waals surface area contributed by atoms with Crippen LogP contribution >= 0.6 is 0 Å². The number of carbonyl (C=O) groups is 2. The summed E-state index contributed by atoms with van der Waals surface area (Å²) >= 11 is 0. The van der Waals surface area contributed by atoms with Crippen molar-refractivity contribution < 1.29 is 18.0 Å². The molecule has 7 nitrogen and oxygen atoms in total. The number of sulfonamides is 1. The lowest BCUT2D eigenvalue weighted by Crippen LogP contribution is -2.40. The number of hydrogen-bond donors (Lipinski definition) is 3. The molecule has 0 aliphatic rings. The standard InChI is InChI=1S/C19H23N3O4S/c1-19(2,3)21-18(24)13-8-10-15(11-9-13)20-17(23)14-6-5-7-16(12-14)22-27(4,25)26/h5-12,22H,1-4H3,(H,20,23)(H,21,24). The zero-order chi connectivity index (χ0) is 20.2. The lowest BCUT2D eigenvalue weighted by atomic mass is 10.1. The summed E-state index contributed by atoms with van der Waals surface area (Å²) in [6.07, 6.45) is 1.04. The molecule has 0 saturated heterocycles. The highest BCUT2D eigenvalue weighted by Gasteiger charge is 2.15. The van der Waals surface area contributed by atoms with Crippen LogP contribution in [0.4, 0.5) is 11.4 Å². The van der Waals surface area contributed by atoms with Crippen LogP contribution < -0.4 is 15.4 Å². The van der Waals surface area contributed by atoms with E-state index >= 15 is 0 Å². The van der Waals surface area contributed by atoms with Crippen LogP contribution in [0.25, 0.3) is 0 Å². The van der Waals surface area contributed by atoms with E-state index in [0.717, 1.165) is 6.26 Å². The number of carbonyl (C=O) groups excluding carboxylic acids is 2. The molecule has 27 heavy (non-hydrogen) atoms. The van der Waals surface area contributed by atoms with Crippen LogP contribution in [0, 0.1) is 0 Å². The van der Waals surface area contributed by atoms with Crippen molar-refractivity contribution in [1.82, 2.24) is 5.32 Å². The van der Waals surface area contributed by atoms with Gasteiger partial charge < -0.3 is 10.6 Å². The maximum Gasteiger partial charge on any atom is 0.255 e. The monoisotopic (exact) mass is 389 g/mol. The van der Waals surface area contributed by atoms with E-state index in [2.05, 4.69) is 15.4 Å². The largest absolute Gasteiger partial charge is 0.347 e. The molecule has 0 saturated carbocycles. The summed E-state index contributed by atoms with van der Waals surface area (Å²) in [6.45, 7) is 5.69. The highest BCUT2D eigenvalue weighted by molar-refractivity contribution is 7.92. The van der Waals surface area contributed by atoms with Gasteiger partial charge >= 0.3 is 0 Å². The second kappa shape index (κ2) is 7.79. The van der Waals surface area contributed by atoms with Crippen molar-refractivity contribution in [2.45, 2.75) is 26.3 Å². The first-order valence-electron chi connectivity index (χ1n) is 8.25. The minimum Gasteiger partial charge on any atom is -0.347 e. The van der Waals surface area contributed by atoms with E-state index < -0.39 is 10.0 Å². The van der Waals surface area contributed by atoms with Crippen LogP contribution in [0.2, 0.25) is 0 Å². The van der Waals surface area contributed by atoms with E-state index in [9.17, 15) is 18.0 Å². The summed E-state index contributed by atoms with van der Waals surface area (Å²) < 4.78 is 24.9. The third kappa shape index (κ3) is 6.74. The molecular weight excluding hydrogens is 366 g/mol. The average molecular weight is 389 g/mol. The van der Waals surface area contributed by atoms with E-state index in [-0.39, 0.29) is 17.4 Å². The maximum absolute atomic E-state index is 12.4. The number of rotatable bonds is 5. The Hall–Kier alpha value is -2.87. The zero-order valence-electron chi connectivity index (χ0n) is 15.7. The van der Waals surface area contributed by atoms with E-state index in [0.29, 0.717) is 22.5 Å². The first kappa shape index (κ1) is 20.4. The van der Waals surface area contributed by atoms with Crippen molar-refractivity contribution in [3.63, 3.8) is 0 Å². The van der Waals surface area contributed by atoms with Crippen LogP contribution in [0.1, 0.15) is 41.5 Å². The topological polar surface area (TPSA) is 104 Å². The fourth-order valence-electron chi connectivity index (χ4n) is 2.26. The Morgan fingerprint density at radius 3 is 2.04 bits per heavy atom. The van der Waals surface area contributed by atoms with Gasteiger partial charge in [0.05, 0.1) is 6.26 Å². The van der Waals surface area contributed by atoms with E-state index in [1.807, 2.05) is 20.8 Å². The summed E-state index contributed by atoms with van der Waals surface area (Å²) in [6, 6.07) is 12.7. The highest BCUT2D eigenvalue weighted by Crippen LogP contribution is 2.15. The Balaban J connectivity index is 2.08. The molecule has 8 heteroatoms. The molecule has 0 spiro atoms. The van der Waals surface area contributed by atoms with Gasteiger partial charge in [-0.15, -0.1) is 0 Å². The van der Waals surface area contributed by atoms with E-state index in [1.54, 1.807) is 42.5 Å². The van der Waals surface area contributed by atoms with Crippen LogP contribution in [0.5, 0.6) is 0 Å². The van der Waals surface area contributed by atoms with Crippen molar-refractivity contribution in [2.75, 3.05) is 16.3 Å². The van der Waals surface area contributed by atoms with Crippen molar-refractivity contribution in [1.29, 1.82) is 0 Å². The smallest absolute Gasteiger partial charge is 0.255 e. The van der Waals surface area contributed by atoms with Gasteiger partial charge in [-0.25, -0.2) is 8.42 Å². The second-order valence-electron chi connectivity index (χ2n) is 7.19. The number of amides is 2. The van der Waals surface area contributed by atoms with Gasteiger partial charge in [-0.3, -0.25) is 14.3 Å². The third-order valence-corrected chi connectivity index (χ3v) is 3.93. The molecule has 3 N–H and O–H groups in total. The van der Waals surface area contributed by atoms with E-state index in [1.165, 1.54) is 6.07 Å². The first-order chi connectivity index (χ1) is 12.4. The van der Waals surface area contributed by atoms with Gasteiger partial charge in [-0.1, -0.05) is 6.07 Å². The summed E-state index contributed by atoms with van der Waals surface area (Å²) in [4.78, 5) is 24.5. The second-order valence-corrected chi connectivity index (χ2v) is 8.94. The van der Waals surface area contributed by atoms with Crippen LogP contribution in [0.15, 0.2) is 48.5 Å². The van der Waals surface area contributed by atoms with Gasteiger partial charge in [-0.05, 0) is 63.2 Å². The molecule has 0 aromatic heterocycles. The zero-order valence-corrected chi connectivity index (χ0v) is 16.5. The van der Waals surface area contributed by atoms with Crippen LogP contribution in [-0.2, 0) is 10.0 Å². The third-order valence-electron chi connectivity index (χ3n) is 3.32. The molecule has 0 atom stereocenters. The van der Waals surface area contributed by atoms with Gasteiger partial charge in [0.15, 0.2) is 0 Å². The molecule has 0 bridgehead atoms. The van der Waals surface area contributed by atoms with Crippen LogP contribution in [-0.4, -0.2) is 32.0 Å². The quantitative estimate of drug-likeness (QED) is 0.731. The van der Waals surface area contributed by atoms with Crippen molar-refractivity contribution in [3.05, 3.63) is 59.7 Å². The molecule has 2 rings (SSSR count). The molecule has 0 radical (unpaired) electrons. The van der Waals surface area contributed by atoms with Gasteiger partial charge in [0, 0.05) is 28.0 Å². The Morgan fingerprint density at radius 2 is 1.48 bits per heavy atom. The Kier molecular flexibility index (Phi) is 5.90.